The molecule has 0 fully saturated rings. The van der Waals surface area contributed by atoms with E-state index in [1.807, 2.05) is 43.3 Å². The Kier molecular flexibility index (Phi) is 3.87. The van der Waals surface area contributed by atoms with Gasteiger partial charge in [0.05, 0.1) is 6.61 Å². The summed E-state index contributed by atoms with van der Waals surface area (Å²) in [5.41, 5.74) is 9.22. The Morgan fingerprint density at radius 2 is 2.00 bits per heavy atom. The Morgan fingerprint density at radius 3 is 2.76 bits per heavy atom. The number of ether oxygens (including phenoxy) is 1. The van der Waals surface area contributed by atoms with Crippen LogP contribution in [0, 0.1) is 0 Å². The Balaban J connectivity index is 1.96. The zero-order chi connectivity index (χ0) is 15.0. The minimum Gasteiger partial charge on any atom is -0.493 e. The van der Waals surface area contributed by atoms with Gasteiger partial charge in [0.2, 0.25) is 0 Å². The summed E-state index contributed by atoms with van der Waals surface area (Å²) >= 11 is 12.3. The lowest BCUT2D eigenvalue weighted by Crippen LogP contribution is -2.35. The molecule has 2 nitrogen and oxygen atoms in total. The number of hydrogen-bond acceptors (Lipinski definition) is 2. The number of benzene rings is 2. The van der Waals surface area contributed by atoms with Gasteiger partial charge in [0.25, 0.3) is 0 Å². The van der Waals surface area contributed by atoms with E-state index in [0.29, 0.717) is 18.1 Å². The highest BCUT2D eigenvalue weighted by molar-refractivity contribution is 6.31. The molecule has 2 aromatic rings. The second kappa shape index (κ2) is 5.53. The van der Waals surface area contributed by atoms with Crippen LogP contribution >= 0.6 is 23.2 Å². The van der Waals surface area contributed by atoms with Crippen LogP contribution in [0.15, 0.2) is 36.4 Å². The van der Waals surface area contributed by atoms with Crippen molar-refractivity contribution in [2.45, 2.75) is 25.3 Å². The molecular formula is C17H17Cl2NO. The van der Waals surface area contributed by atoms with Crippen LogP contribution in [0.1, 0.15) is 23.6 Å². The maximum absolute atomic E-state index is 6.53. The van der Waals surface area contributed by atoms with Crippen molar-refractivity contribution in [2.75, 3.05) is 6.61 Å². The second-order valence-electron chi connectivity index (χ2n) is 5.76. The molecule has 0 amide bonds. The van der Waals surface area contributed by atoms with Crippen molar-refractivity contribution in [3.63, 3.8) is 0 Å². The largest absolute Gasteiger partial charge is 0.493 e. The third kappa shape index (κ3) is 3.03. The number of rotatable bonds is 3. The smallest absolute Gasteiger partial charge is 0.125 e. The average molecular weight is 322 g/mol. The Hall–Kier alpha value is -1.22. The summed E-state index contributed by atoms with van der Waals surface area (Å²) in [6.45, 7) is 2.71. The molecule has 0 saturated heterocycles. The third-order valence-electron chi connectivity index (χ3n) is 3.87. The Morgan fingerprint density at radius 1 is 1.19 bits per heavy atom. The van der Waals surface area contributed by atoms with E-state index in [4.69, 9.17) is 33.7 Å². The molecule has 21 heavy (non-hydrogen) atoms. The topological polar surface area (TPSA) is 35.2 Å². The SMILES string of the molecule is CC(N)(Cc1cc(Cl)cc2c1OCC2)c1cccc(Cl)c1. The fraction of sp³-hybridized carbons (Fsp3) is 0.294. The van der Waals surface area contributed by atoms with E-state index in [9.17, 15) is 0 Å². The van der Waals surface area contributed by atoms with Crippen molar-refractivity contribution in [3.05, 3.63) is 63.1 Å². The molecule has 3 rings (SSSR count). The van der Waals surface area contributed by atoms with E-state index in [2.05, 4.69) is 0 Å². The monoisotopic (exact) mass is 321 g/mol. The van der Waals surface area contributed by atoms with Gasteiger partial charge < -0.3 is 10.5 Å². The molecule has 0 aliphatic carbocycles. The van der Waals surface area contributed by atoms with E-state index >= 15 is 0 Å². The third-order valence-corrected chi connectivity index (χ3v) is 4.32. The minimum absolute atomic E-state index is 0.532. The van der Waals surface area contributed by atoms with Crippen molar-refractivity contribution in [1.82, 2.24) is 0 Å². The maximum atomic E-state index is 6.53. The van der Waals surface area contributed by atoms with Crippen LogP contribution in [0.5, 0.6) is 5.75 Å². The first-order chi connectivity index (χ1) is 9.95. The molecular weight excluding hydrogens is 305 g/mol. The van der Waals surface area contributed by atoms with Gasteiger partial charge in [-0.3, -0.25) is 0 Å². The van der Waals surface area contributed by atoms with Crippen LogP contribution < -0.4 is 10.5 Å². The van der Waals surface area contributed by atoms with Gasteiger partial charge in [-0.15, -0.1) is 0 Å². The molecule has 1 aliphatic rings. The molecule has 0 spiro atoms. The molecule has 0 bridgehead atoms. The van der Waals surface area contributed by atoms with Crippen LogP contribution in [0.3, 0.4) is 0 Å². The van der Waals surface area contributed by atoms with Gasteiger partial charge in [0.15, 0.2) is 0 Å². The Labute approximate surface area is 134 Å². The summed E-state index contributed by atoms with van der Waals surface area (Å²) in [4.78, 5) is 0. The first-order valence-electron chi connectivity index (χ1n) is 6.95. The average Bonchev–Trinajstić information content (AvgIpc) is 2.86. The molecule has 2 N–H and O–H groups in total. The van der Waals surface area contributed by atoms with Gasteiger partial charge in [0, 0.05) is 22.0 Å². The summed E-state index contributed by atoms with van der Waals surface area (Å²) in [7, 11) is 0. The number of fused-ring (bicyclic) bond motifs is 1. The van der Waals surface area contributed by atoms with E-state index in [0.717, 1.165) is 28.3 Å². The van der Waals surface area contributed by atoms with Gasteiger partial charge >= 0.3 is 0 Å². The standard InChI is InChI=1S/C17H17Cl2NO/c1-17(20,13-3-2-4-14(18)9-13)10-12-8-15(19)7-11-5-6-21-16(11)12/h2-4,7-9H,5-6,10,20H2,1H3. The second-order valence-corrected chi connectivity index (χ2v) is 6.63. The molecule has 0 saturated carbocycles. The molecule has 0 radical (unpaired) electrons. The zero-order valence-corrected chi connectivity index (χ0v) is 13.3. The normalized spacial score (nSPS) is 16.2. The lowest BCUT2D eigenvalue weighted by molar-refractivity contribution is 0.349. The number of nitrogens with two attached hydrogens (primary N) is 1. The fourth-order valence-corrected chi connectivity index (χ4v) is 3.27. The van der Waals surface area contributed by atoms with Gasteiger partial charge in [0.1, 0.15) is 5.75 Å². The highest BCUT2D eigenvalue weighted by Crippen LogP contribution is 2.36. The van der Waals surface area contributed by atoms with Crippen molar-refractivity contribution in [3.8, 4) is 5.75 Å². The molecule has 4 heteroatoms. The van der Waals surface area contributed by atoms with Crippen LogP contribution in [-0.4, -0.2) is 6.61 Å². The van der Waals surface area contributed by atoms with E-state index in [1.54, 1.807) is 0 Å². The zero-order valence-electron chi connectivity index (χ0n) is 11.8. The maximum Gasteiger partial charge on any atom is 0.125 e. The summed E-state index contributed by atoms with van der Waals surface area (Å²) in [6, 6.07) is 11.6. The van der Waals surface area contributed by atoms with E-state index in [-0.39, 0.29) is 0 Å². The highest BCUT2D eigenvalue weighted by Gasteiger charge is 2.26. The lowest BCUT2D eigenvalue weighted by Gasteiger charge is -2.26. The van der Waals surface area contributed by atoms with Crippen molar-refractivity contribution >= 4 is 23.2 Å². The molecule has 1 unspecified atom stereocenters. The van der Waals surface area contributed by atoms with E-state index < -0.39 is 5.54 Å². The highest BCUT2D eigenvalue weighted by atomic mass is 35.5. The Bertz CT molecular complexity index is 682. The first-order valence-corrected chi connectivity index (χ1v) is 7.70. The fourth-order valence-electron chi connectivity index (χ4n) is 2.82. The number of halogens is 2. The van der Waals surface area contributed by atoms with Gasteiger partial charge in [-0.05, 0) is 54.3 Å². The summed E-state index contributed by atoms with van der Waals surface area (Å²) in [6.07, 6.45) is 1.55. The van der Waals surface area contributed by atoms with Crippen LogP contribution in [0.4, 0.5) is 0 Å². The minimum atomic E-state index is -0.532. The lowest BCUT2D eigenvalue weighted by atomic mass is 9.86. The molecule has 2 aromatic carbocycles. The van der Waals surface area contributed by atoms with E-state index in [1.165, 1.54) is 5.56 Å². The van der Waals surface area contributed by atoms with Crippen molar-refractivity contribution in [1.29, 1.82) is 0 Å². The van der Waals surface area contributed by atoms with Crippen molar-refractivity contribution < 1.29 is 4.74 Å². The summed E-state index contributed by atoms with van der Waals surface area (Å²) in [5.74, 6) is 0.943. The van der Waals surface area contributed by atoms with Gasteiger partial charge in [-0.2, -0.15) is 0 Å². The van der Waals surface area contributed by atoms with Gasteiger partial charge in [-0.1, -0.05) is 35.3 Å². The summed E-state index contributed by atoms with van der Waals surface area (Å²) in [5, 5.41) is 1.42. The van der Waals surface area contributed by atoms with Crippen molar-refractivity contribution in [2.24, 2.45) is 5.73 Å². The first kappa shape index (κ1) is 14.7. The van der Waals surface area contributed by atoms with Crippen LogP contribution in [0.25, 0.3) is 0 Å². The molecule has 1 atom stereocenters. The van der Waals surface area contributed by atoms with Gasteiger partial charge in [-0.25, -0.2) is 0 Å². The van der Waals surface area contributed by atoms with Crippen LogP contribution in [0.2, 0.25) is 10.0 Å². The number of hydrogen-bond donors (Lipinski definition) is 1. The van der Waals surface area contributed by atoms with Crippen LogP contribution in [-0.2, 0) is 18.4 Å². The molecule has 110 valence electrons. The summed E-state index contributed by atoms with van der Waals surface area (Å²) < 4.78 is 5.75. The molecule has 1 heterocycles. The molecule has 0 aromatic heterocycles. The predicted octanol–water partition coefficient (Wildman–Crippen LogP) is 4.34. The predicted molar refractivity (Wildman–Crippen MR) is 87.3 cm³/mol. The quantitative estimate of drug-likeness (QED) is 0.912. The molecule has 1 aliphatic heterocycles.